The summed E-state index contributed by atoms with van der Waals surface area (Å²) in [5.41, 5.74) is 0.640. The molecule has 2 heterocycles. The number of hydrogen-bond acceptors (Lipinski definition) is 4. The van der Waals surface area contributed by atoms with E-state index >= 15 is 0 Å². The Hall–Kier alpha value is -2.12. The van der Waals surface area contributed by atoms with E-state index in [0.29, 0.717) is 12.8 Å². The fourth-order valence-electron chi connectivity index (χ4n) is 2.93. The number of pyridine rings is 1. The molecule has 3 rings (SSSR count). The van der Waals surface area contributed by atoms with Crippen molar-refractivity contribution < 1.29 is 19.8 Å². The van der Waals surface area contributed by atoms with Gasteiger partial charge in [0.25, 0.3) is 5.91 Å². The highest BCUT2D eigenvalue weighted by atomic mass is 35.5. The van der Waals surface area contributed by atoms with E-state index in [4.69, 9.17) is 11.6 Å². The van der Waals surface area contributed by atoms with Crippen LogP contribution in [0.4, 0.5) is 4.79 Å². The molecule has 1 saturated carbocycles. The van der Waals surface area contributed by atoms with Crippen LogP contribution in [0.25, 0.3) is 11.0 Å². The van der Waals surface area contributed by atoms with Gasteiger partial charge in [-0.3, -0.25) is 9.36 Å². The fraction of sp³-hybridized carbons (Fsp3) is 0.400. The van der Waals surface area contributed by atoms with Gasteiger partial charge in [-0.2, -0.15) is 0 Å². The monoisotopic (exact) mass is 337 g/mol. The van der Waals surface area contributed by atoms with Gasteiger partial charge >= 0.3 is 6.09 Å². The molecule has 1 fully saturated rings. The number of carbonyl (C=O) groups is 2. The quantitative estimate of drug-likeness (QED) is 0.729. The summed E-state index contributed by atoms with van der Waals surface area (Å²) < 4.78 is 0.935. The van der Waals surface area contributed by atoms with Crippen LogP contribution in [0, 0.1) is 0 Å². The third-order valence-corrected chi connectivity index (χ3v) is 4.32. The van der Waals surface area contributed by atoms with E-state index in [2.05, 4.69) is 10.3 Å². The summed E-state index contributed by atoms with van der Waals surface area (Å²) in [5, 5.41) is 22.2. The third-order valence-electron chi connectivity index (χ3n) is 4.11. The fourth-order valence-corrected chi connectivity index (χ4v) is 3.08. The third kappa shape index (κ3) is 3.02. The van der Waals surface area contributed by atoms with E-state index in [1.807, 2.05) is 0 Å². The summed E-state index contributed by atoms with van der Waals surface area (Å²) in [6.45, 7) is 0. The topological polar surface area (TPSA) is 104 Å². The highest BCUT2D eigenvalue weighted by Crippen LogP contribution is 2.23. The van der Waals surface area contributed by atoms with Crippen molar-refractivity contribution in [3.63, 3.8) is 0 Å². The number of aliphatic hydroxyl groups excluding tert-OH is 1. The van der Waals surface area contributed by atoms with Crippen LogP contribution >= 0.6 is 11.6 Å². The molecule has 1 aliphatic rings. The highest BCUT2D eigenvalue weighted by molar-refractivity contribution is 6.30. The maximum absolute atomic E-state index is 12.5. The van der Waals surface area contributed by atoms with Gasteiger partial charge in [0.15, 0.2) is 0 Å². The minimum absolute atomic E-state index is 0.127. The number of amides is 1. The molecule has 2 atom stereocenters. The van der Waals surface area contributed by atoms with Crippen molar-refractivity contribution >= 4 is 34.6 Å². The zero-order valence-corrected chi connectivity index (χ0v) is 13.0. The Morgan fingerprint density at radius 1 is 1.30 bits per heavy atom. The largest absolute Gasteiger partial charge is 0.464 e. The number of nitrogens with zero attached hydrogens (tertiary/aromatic N) is 2. The normalized spacial score (nSPS) is 21.3. The van der Waals surface area contributed by atoms with Gasteiger partial charge < -0.3 is 15.5 Å². The molecule has 3 N–H and O–H groups in total. The molecule has 2 aromatic rings. The van der Waals surface area contributed by atoms with Crippen molar-refractivity contribution in [3.8, 4) is 0 Å². The van der Waals surface area contributed by atoms with Crippen LogP contribution in [-0.2, 0) is 0 Å². The van der Waals surface area contributed by atoms with Crippen molar-refractivity contribution in [1.82, 2.24) is 14.9 Å². The zero-order valence-electron chi connectivity index (χ0n) is 12.2. The Kier molecular flexibility index (Phi) is 4.23. The van der Waals surface area contributed by atoms with Gasteiger partial charge in [0.2, 0.25) is 0 Å². The number of aromatic nitrogens is 2. The number of halogens is 1. The molecule has 2 aromatic heterocycles. The van der Waals surface area contributed by atoms with Crippen molar-refractivity contribution in [2.75, 3.05) is 0 Å². The van der Waals surface area contributed by atoms with Gasteiger partial charge in [-0.05, 0) is 25.0 Å². The molecule has 0 spiro atoms. The molecular weight excluding hydrogens is 322 g/mol. The predicted octanol–water partition coefficient (Wildman–Crippen LogP) is 2.25. The molecule has 0 aromatic carbocycles. The molecule has 7 nitrogen and oxygen atoms in total. The minimum atomic E-state index is -1.21. The Morgan fingerprint density at radius 3 is 2.74 bits per heavy atom. The first-order chi connectivity index (χ1) is 11.0. The maximum Gasteiger partial charge on any atom is 0.416 e. The van der Waals surface area contributed by atoms with Crippen LogP contribution < -0.4 is 5.32 Å². The first-order valence-electron chi connectivity index (χ1n) is 7.37. The molecule has 122 valence electrons. The molecule has 0 radical (unpaired) electrons. The molecule has 23 heavy (non-hydrogen) atoms. The minimum Gasteiger partial charge on any atom is -0.464 e. The van der Waals surface area contributed by atoms with Crippen LogP contribution in [0.2, 0.25) is 5.15 Å². The van der Waals surface area contributed by atoms with Crippen LogP contribution in [0.3, 0.4) is 0 Å². The molecule has 0 unspecified atom stereocenters. The molecule has 1 aliphatic carbocycles. The molecule has 8 heteroatoms. The number of carboxylic acid groups (broad SMARTS) is 1. The number of rotatable bonds is 2. The Morgan fingerprint density at radius 2 is 2.04 bits per heavy atom. The first-order valence-corrected chi connectivity index (χ1v) is 7.75. The smallest absolute Gasteiger partial charge is 0.416 e. The summed E-state index contributed by atoms with van der Waals surface area (Å²) in [7, 11) is 0. The summed E-state index contributed by atoms with van der Waals surface area (Å²) in [6, 6.07) is 2.64. The van der Waals surface area contributed by atoms with E-state index < -0.39 is 18.1 Å². The van der Waals surface area contributed by atoms with E-state index in [0.717, 1.165) is 17.4 Å². The maximum atomic E-state index is 12.5. The second kappa shape index (κ2) is 6.17. The van der Waals surface area contributed by atoms with E-state index in [1.54, 1.807) is 0 Å². The summed E-state index contributed by atoms with van der Waals surface area (Å²) in [6.07, 6.45) is 2.63. The standard InChI is InChI=1S/C15H16ClN3O4/c16-12-6-5-10-13(18-12)8(7-19(10)15(22)23)14(21)17-9-3-1-2-4-11(9)20/h5-7,9,11,20H,1-4H2,(H,17,21)(H,22,23)/t9-,11-/m0/s1. The Labute approximate surface area is 136 Å². The van der Waals surface area contributed by atoms with Crippen LogP contribution in [0.15, 0.2) is 18.3 Å². The highest BCUT2D eigenvalue weighted by Gasteiger charge is 2.27. The molecule has 0 aliphatic heterocycles. The Balaban J connectivity index is 1.96. The summed E-state index contributed by atoms with van der Waals surface area (Å²) >= 11 is 5.86. The number of aliphatic hydroxyl groups is 1. The zero-order chi connectivity index (χ0) is 16.6. The summed E-state index contributed by atoms with van der Waals surface area (Å²) in [5.74, 6) is -0.462. The number of hydrogen-bond donors (Lipinski definition) is 3. The van der Waals surface area contributed by atoms with Gasteiger partial charge in [-0.1, -0.05) is 24.4 Å². The summed E-state index contributed by atoms with van der Waals surface area (Å²) in [4.78, 5) is 27.9. The number of fused-ring (bicyclic) bond motifs is 1. The van der Waals surface area contributed by atoms with Crippen molar-refractivity contribution in [3.05, 3.63) is 29.0 Å². The van der Waals surface area contributed by atoms with E-state index in [-0.39, 0.29) is 27.8 Å². The number of nitrogens with one attached hydrogen (secondary N) is 1. The van der Waals surface area contributed by atoms with Gasteiger partial charge in [0.05, 0.1) is 23.2 Å². The lowest BCUT2D eigenvalue weighted by Crippen LogP contribution is -2.45. The van der Waals surface area contributed by atoms with Gasteiger partial charge in [-0.15, -0.1) is 0 Å². The lowest BCUT2D eigenvalue weighted by Gasteiger charge is -2.28. The van der Waals surface area contributed by atoms with E-state index in [9.17, 15) is 19.8 Å². The van der Waals surface area contributed by atoms with Crippen LogP contribution in [0.1, 0.15) is 36.0 Å². The van der Waals surface area contributed by atoms with Crippen molar-refractivity contribution in [2.24, 2.45) is 0 Å². The second-order valence-corrected chi connectivity index (χ2v) is 6.02. The van der Waals surface area contributed by atoms with Crippen LogP contribution in [-0.4, -0.2) is 43.9 Å². The van der Waals surface area contributed by atoms with Crippen molar-refractivity contribution in [1.29, 1.82) is 0 Å². The van der Waals surface area contributed by atoms with Gasteiger partial charge in [-0.25, -0.2) is 9.78 Å². The lowest BCUT2D eigenvalue weighted by atomic mass is 9.92. The first kappa shape index (κ1) is 15.8. The molecular formula is C15H16ClN3O4. The van der Waals surface area contributed by atoms with E-state index in [1.165, 1.54) is 18.3 Å². The van der Waals surface area contributed by atoms with Gasteiger partial charge in [0.1, 0.15) is 10.7 Å². The Bertz CT molecular complexity index is 773. The van der Waals surface area contributed by atoms with Gasteiger partial charge in [0, 0.05) is 6.20 Å². The second-order valence-electron chi connectivity index (χ2n) is 5.63. The average Bonchev–Trinajstić information content (AvgIpc) is 2.88. The molecule has 0 bridgehead atoms. The van der Waals surface area contributed by atoms with Crippen molar-refractivity contribution in [2.45, 2.75) is 37.8 Å². The predicted molar refractivity (Wildman–Crippen MR) is 83.9 cm³/mol. The lowest BCUT2D eigenvalue weighted by molar-refractivity contribution is 0.0718. The average molecular weight is 338 g/mol. The molecule has 1 amide bonds. The SMILES string of the molecule is O=C(N[C@H]1CCCC[C@@H]1O)c1cn(C(=O)O)c2ccc(Cl)nc12. The van der Waals surface area contributed by atoms with Crippen LogP contribution in [0.5, 0.6) is 0 Å². The number of carbonyl (C=O) groups excluding carboxylic acids is 1. The molecule has 0 saturated heterocycles.